The molecule has 0 aliphatic heterocycles. The SMILES string of the molecule is CC(C)NCc1nnc(NCCc2ccc(Cl)s2)o1. The van der Waals surface area contributed by atoms with Gasteiger partial charge in [-0.05, 0) is 18.6 Å². The van der Waals surface area contributed by atoms with Crippen LogP contribution in [-0.2, 0) is 13.0 Å². The Morgan fingerprint density at radius 2 is 2.21 bits per heavy atom. The fourth-order valence-corrected chi connectivity index (χ4v) is 2.55. The van der Waals surface area contributed by atoms with Gasteiger partial charge in [0.15, 0.2) is 0 Å². The number of halogens is 1. The van der Waals surface area contributed by atoms with Gasteiger partial charge >= 0.3 is 6.01 Å². The Labute approximate surface area is 121 Å². The summed E-state index contributed by atoms with van der Waals surface area (Å²) in [4.78, 5) is 1.23. The van der Waals surface area contributed by atoms with Gasteiger partial charge in [-0.2, -0.15) is 0 Å². The Morgan fingerprint density at radius 3 is 2.89 bits per heavy atom. The van der Waals surface area contributed by atoms with Crippen molar-refractivity contribution in [1.29, 1.82) is 0 Å². The standard InChI is InChI=1S/C12H17ClN4OS/c1-8(2)15-7-11-16-17-12(18-11)14-6-5-9-3-4-10(13)19-9/h3-4,8,15H,5-7H2,1-2H3,(H,14,17). The summed E-state index contributed by atoms with van der Waals surface area (Å²) in [5.41, 5.74) is 0. The van der Waals surface area contributed by atoms with Crippen molar-refractivity contribution in [1.82, 2.24) is 15.5 Å². The van der Waals surface area contributed by atoms with Crippen LogP contribution in [-0.4, -0.2) is 22.8 Å². The Balaban J connectivity index is 1.74. The average molecular weight is 301 g/mol. The number of rotatable bonds is 7. The predicted octanol–water partition coefficient (Wildman–Crippen LogP) is 2.94. The molecule has 0 aliphatic carbocycles. The molecule has 2 N–H and O–H groups in total. The van der Waals surface area contributed by atoms with Gasteiger partial charge in [0.25, 0.3) is 0 Å². The van der Waals surface area contributed by atoms with Gasteiger partial charge in [-0.3, -0.25) is 0 Å². The van der Waals surface area contributed by atoms with E-state index in [2.05, 4.69) is 34.7 Å². The highest BCUT2D eigenvalue weighted by Crippen LogP contribution is 2.21. The monoisotopic (exact) mass is 300 g/mol. The first-order valence-electron chi connectivity index (χ1n) is 6.17. The van der Waals surface area contributed by atoms with Crippen molar-refractivity contribution in [3.63, 3.8) is 0 Å². The number of nitrogens with zero attached hydrogens (tertiary/aromatic N) is 2. The summed E-state index contributed by atoms with van der Waals surface area (Å²) in [5.74, 6) is 0.593. The summed E-state index contributed by atoms with van der Waals surface area (Å²) < 4.78 is 6.27. The fraction of sp³-hybridized carbons (Fsp3) is 0.500. The molecule has 2 heterocycles. The smallest absolute Gasteiger partial charge is 0.315 e. The molecule has 0 radical (unpaired) electrons. The molecule has 19 heavy (non-hydrogen) atoms. The quantitative estimate of drug-likeness (QED) is 0.823. The van der Waals surface area contributed by atoms with Crippen LogP contribution < -0.4 is 10.6 Å². The lowest BCUT2D eigenvalue weighted by molar-refractivity contribution is 0.458. The normalized spacial score (nSPS) is 11.2. The van der Waals surface area contributed by atoms with Crippen molar-refractivity contribution in [3.05, 3.63) is 27.2 Å². The molecule has 2 aromatic heterocycles. The van der Waals surface area contributed by atoms with Crippen molar-refractivity contribution in [2.45, 2.75) is 32.9 Å². The van der Waals surface area contributed by atoms with E-state index in [1.165, 1.54) is 4.88 Å². The molecule has 0 bridgehead atoms. The Bertz CT molecular complexity index is 511. The third kappa shape index (κ3) is 4.81. The van der Waals surface area contributed by atoms with E-state index in [1.807, 2.05) is 12.1 Å². The number of hydrogen-bond acceptors (Lipinski definition) is 6. The van der Waals surface area contributed by atoms with Gasteiger partial charge in [0.1, 0.15) is 0 Å². The Kier molecular flexibility index (Phi) is 5.18. The molecular weight excluding hydrogens is 284 g/mol. The summed E-state index contributed by atoms with van der Waals surface area (Å²) in [5, 5.41) is 14.2. The van der Waals surface area contributed by atoms with Gasteiger partial charge in [0, 0.05) is 17.5 Å². The summed E-state index contributed by atoms with van der Waals surface area (Å²) >= 11 is 7.46. The third-order valence-corrected chi connectivity index (χ3v) is 3.70. The van der Waals surface area contributed by atoms with E-state index in [4.69, 9.17) is 16.0 Å². The minimum absolute atomic E-state index is 0.395. The molecule has 0 atom stereocenters. The summed E-state index contributed by atoms with van der Waals surface area (Å²) in [6.45, 7) is 5.48. The molecular formula is C12H17ClN4OS. The Morgan fingerprint density at radius 1 is 1.37 bits per heavy atom. The zero-order valence-electron chi connectivity index (χ0n) is 10.9. The Hall–Kier alpha value is -1.11. The molecule has 0 spiro atoms. The molecule has 0 saturated carbocycles. The van der Waals surface area contributed by atoms with E-state index in [0.717, 1.165) is 17.3 Å². The molecule has 0 aromatic carbocycles. The number of hydrogen-bond donors (Lipinski definition) is 2. The second kappa shape index (κ2) is 6.88. The third-order valence-electron chi connectivity index (χ3n) is 2.40. The lowest BCUT2D eigenvalue weighted by Crippen LogP contribution is -2.21. The zero-order valence-corrected chi connectivity index (χ0v) is 12.5. The molecule has 5 nitrogen and oxygen atoms in total. The zero-order chi connectivity index (χ0) is 13.7. The maximum Gasteiger partial charge on any atom is 0.315 e. The molecule has 104 valence electrons. The van der Waals surface area contributed by atoms with Crippen molar-refractivity contribution >= 4 is 29.0 Å². The molecule has 0 saturated heterocycles. The maximum atomic E-state index is 5.87. The maximum absolute atomic E-state index is 5.87. The summed E-state index contributed by atoms with van der Waals surface area (Å²) in [6, 6.07) is 4.79. The van der Waals surface area contributed by atoms with Crippen molar-refractivity contribution in [3.8, 4) is 0 Å². The molecule has 0 fully saturated rings. The van der Waals surface area contributed by atoms with Gasteiger partial charge in [-0.25, -0.2) is 0 Å². The van der Waals surface area contributed by atoms with E-state index in [1.54, 1.807) is 11.3 Å². The molecule has 7 heteroatoms. The first-order chi connectivity index (χ1) is 9.13. The van der Waals surface area contributed by atoms with Crippen LogP contribution in [0.4, 0.5) is 6.01 Å². The van der Waals surface area contributed by atoms with E-state index in [-0.39, 0.29) is 0 Å². The van der Waals surface area contributed by atoms with Crippen LogP contribution in [0.5, 0.6) is 0 Å². The van der Waals surface area contributed by atoms with Crippen LogP contribution in [0.15, 0.2) is 16.5 Å². The number of nitrogens with one attached hydrogen (secondary N) is 2. The van der Waals surface area contributed by atoms with Crippen molar-refractivity contribution in [2.75, 3.05) is 11.9 Å². The molecule has 0 aliphatic rings. The van der Waals surface area contributed by atoms with Gasteiger partial charge in [-0.15, -0.1) is 16.4 Å². The molecule has 2 aromatic rings. The van der Waals surface area contributed by atoms with E-state index in [9.17, 15) is 0 Å². The first kappa shape index (κ1) is 14.3. The number of aromatic nitrogens is 2. The largest absolute Gasteiger partial charge is 0.407 e. The highest BCUT2D eigenvalue weighted by molar-refractivity contribution is 7.16. The molecule has 0 amide bonds. The highest BCUT2D eigenvalue weighted by Gasteiger charge is 2.06. The second-order valence-corrected chi connectivity index (χ2v) is 6.22. The van der Waals surface area contributed by atoms with Crippen LogP contribution in [0.3, 0.4) is 0 Å². The molecule has 2 rings (SSSR count). The minimum atomic E-state index is 0.395. The fourth-order valence-electron chi connectivity index (χ4n) is 1.47. The van der Waals surface area contributed by atoms with Gasteiger partial charge in [-0.1, -0.05) is 30.5 Å². The summed E-state index contributed by atoms with van der Waals surface area (Å²) in [7, 11) is 0. The van der Waals surface area contributed by atoms with Crippen molar-refractivity contribution < 1.29 is 4.42 Å². The van der Waals surface area contributed by atoms with Crippen LogP contribution in [0.2, 0.25) is 4.34 Å². The van der Waals surface area contributed by atoms with Gasteiger partial charge < -0.3 is 15.1 Å². The average Bonchev–Trinajstić information content (AvgIpc) is 2.96. The van der Waals surface area contributed by atoms with Crippen LogP contribution in [0.25, 0.3) is 0 Å². The van der Waals surface area contributed by atoms with Crippen LogP contribution in [0, 0.1) is 0 Å². The lowest BCUT2D eigenvalue weighted by Gasteiger charge is -2.03. The second-order valence-electron chi connectivity index (χ2n) is 4.42. The highest BCUT2D eigenvalue weighted by atomic mass is 35.5. The predicted molar refractivity (Wildman–Crippen MR) is 77.8 cm³/mol. The van der Waals surface area contributed by atoms with Crippen LogP contribution in [0.1, 0.15) is 24.6 Å². The summed E-state index contributed by atoms with van der Waals surface area (Å²) in [6.07, 6.45) is 0.888. The van der Waals surface area contributed by atoms with Gasteiger partial charge in [0.05, 0.1) is 10.9 Å². The van der Waals surface area contributed by atoms with E-state index in [0.29, 0.717) is 24.5 Å². The molecule has 0 unspecified atom stereocenters. The van der Waals surface area contributed by atoms with Crippen molar-refractivity contribution in [2.24, 2.45) is 0 Å². The lowest BCUT2D eigenvalue weighted by atomic mass is 10.3. The number of anilines is 1. The van der Waals surface area contributed by atoms with Gasteiger partial charge in [0.2, 0.25) is 5.89 Å². The van der Waals surface area contributed by atoms with E-state index >= 15 is 0 Å². The van der Waals surface area contributed by atoms with E-state index < -0.39 is 0 Å². The topological polar surface area (TPSA) is 63.0 Å². The first-order valence-corrected chi connectivity index (χ1v) is 7.37. The minimum Gasteiger partial charge on any atom is -0.407 e. The number of thiophene rings is 1. The van der Waals surface area contributed by atoms with Crippen LogP contribution >= 0.6 is 22.9 Å².